The fourth-order valence-electron chi connectivity index (χ4n) is 4.02. The van der Waals surface area contributed by atoms with Crippen LogP contribution in [0.5, 0.6) is 0 Å². The van der Waals surface area contributed by atoms with E-state index in [0.717, 1.165) is 16.9 Å². The van der Waals surface area contributed by atoms with Crippen molar-refractivity contribution >= 4 is 48.9 Å². The SMILES string of the molecule is Cc1c(NS(=O)(=O)c2ccc3c(c2)sc(=O)n3Cc2ccc(Cl)cc2)c(=O)n(-c2ccccc2)n1C. The third kappa shape index (κ3) is 4.27. The van der Waals surface area contributed by atoms with Gasteiger partial charge in [-0.15, -0.1) is 0 Å². The summed E-state index contributed by atoms with van der Waals surface area (Å²) in [6.07, 6.45) is 0. The molecule has 0 aliphatic carbocycles. The first-order chi connectivity index (χ1) is 17.2. The van der Waals surface area contributed by atoms with Crippen molar-refractivity contribution in [2.24, 2.45) is 7.05 Å². The van der Waals surface area contributed by atoms with Crippen LogP contribution in [0, 0.1) is 6.92 Å². The van der Waals surface area contributed by atoms with Crippen molar-refractivity contribution in [3.8, 4) is 5.69 Å². The summed E-state index contributed by atoms with van der Waals surface area (Å²) in [6, 6.07) is 20.7. The first-order valence-corrected chi connectivity index (χ1v) is 13.6. The second-order valence-corrected chi connectivity index (χ2v) is 11.4. The summed E-state index contributed by atoms with van der Waals surface area (Å²) in [4.78, 5) is 25.6. The molecule has 36 heavy (non-hydrogen) atoms. The summed E-state index contributed by atoms with van der Waals surface area (Å²) in [5.41, 5.74) is 2.09. The van der Waals surface area contributed by atoms with Gasteiger partial charge in [0.25, 0.3) is 15.6 Å². The molecule has 3 aromatic carbocycles. The third-order valence-corrected chi connectivity index (χ3v) is 8.54. The summed E-state index contributed by atoms with van der Waals surface area (Å²) in [7, 11) is -2.41. The lowest BCUT2D eigenvalue weighted by molar-refractivity contribution is 0.601. The van der Waals surface area contributed by atoms with Crippen molar-refractivity contribution in [2.45, 2.75) is 18.4 Å². The minimum atomic E-state index is -4.10. The molecule has 0 saturated heterocycles. The number of sulfonamides is 1. The topological polar surface area (TPSA) is 95.1 Å². The maximum atomic E-state index is 13.3. The van der Waals surface area contributed by atoms with Crippen LogP contribution < -0.4 is 15.2 Å². The van der Waals surface area contributed by atoms with Crippen LogP contribution in [-0.4, -0.2) is 22.3 Å². The molecule has 0 saturated carbocycles. The van der Waals surface area contributed by atoms with E-state index >= 15 is 0 Å². The number of hydrogen-bond donors (Lipinski definition) is 1. The lowest BCUT2D eigenvalue weighted by Crippen LogP contribution is -2.23. The van der Waals surface area contributed by atoms with Gasteiger partial charge in [0.1, 0.15) is 5.69 Å². The number of nitrogens with one attached hydrogen (secondary N) is 1. The lowest BCUT2D eigenvalue weighted by atomic mass is 10.2. The maximum Gasteiger partial charge on any atom is 0.308 e. The highest BCUT2D eigenvalue weighted by atomic mass is 35.5. The number of benzene rings is 3. The average Bonchev–Trinajstić information content (AvgIpc) is 3.28. The van der Waals surface area contributed by atoms with Gasteiger partial charge in [-0.2, -0.15) is 0 Å². The molecule has 2 aromatic heterocycles. The van der Waals surface area contributed by atoms with Gasteiger partial charge in [0, 0.05) is 12.1 Å². The molecule has 0 atom stereocenters. The zero-order chi connectivity index (χ0) is 25.6. The van der Waals surface area contributed by atoms with E-state index in [1.807, 2.05) is 18.2 Å². The fourth-order valence-corrected chi connectivity index (χ4v) is 6.29. The van der Waals surface area contributed by atoms with Crippen LogP contribution >= 0.6 is 22.9 Å². The van der Waals surface area contributed by atoms with Crippen molar-refractivity contribution in [3.05, 3.63) is 109 Å². The Balaban J connectivity index is 1.50. The number of para-hydroxylation sites is 1. The largest absolute Gasteiger partial charge is 0.308 e. The van der Waals surface area contributed by atoms with Crippen LogP contribution in [-0.2, 0) is 23.6 Å². The number of aromatic nitrogens is 3. The van der Waals surface area contributed by atoms with E-state index < -0.39 is 15.6 Å². The summed E-state index contributed by atoms with van der Waals surface area (Å²) in [6.45, 7) is 2.01. The molecule has 0 spiro atoms. The summed E-state index contributed by atoms with van der Waals surface area (Å²) in [5.74, 6) is 0. The van der Waals surface area contributed by atoms with E-state index in [1.165, 1.54) is 16.8 Å². The van der Waals surface area contributed by atoms with Crippen LogP contribution in [0.4, 0.5) is 5.69 Å². The van der Waals surface area contributed by atoms with Crippen molar-refractivity contribution in [3.63, 3.8) is 0 Å². The van der Waals surface area contributed by atoms with Crippen LogP contribution in [0.2, 0.25) is 5.02 Å². The van der Waals surface area contributed by atoms with Crippen LogP contribution in [0.15, 0.2) is 87.3 Å². The van der Waals surface area contributed by atoms with Gasteiger partial charge >= 0.3 is 4.87 Å². The molecular weight excluding hydrogens is 520 g/mol. The Morgan fingerprint density at radius 3 is 2.36 bits per heavy atom. The van der Waals surface area contributed by atoms with Gasteiger partial charge in [-0.25, -0.2) is 13.1 Å². The molecule has 1 N–H and O–H groups in total. The van der Waals surface area contributed by atoms with E-state index in [1.54, 1.807) is 65.7 Å². The monoisotopic (exact) mass is 540 g/mol. The summed E-state index contributed by atoms with van der Waals surface area (Å²) < 4.78 is 34.1. The molecule has 5 rings (SSSR count). The second-order valence-electron chi connectivity index (χ2n) is 8.25. The number of halogens is 1. The number of hydrogen-bond acceptors (Lipinski definition) is 5. The molecule has 184 valence electrons. The number of thiazole rings is 1. The Morgan fingerprint density at radius 1 is 0.972 bits per heavy atom. The highest BCUT2D eigenvalue weighted by molar-refractivity contribution is 7.92. The Morgan fingerprint density at radius 2 is 1.67 bits per heavy atom. The molecule has 0 unspecified atom stereocenters. The van der Waals surface area contributed by atoms with Crippen molar-refractivity contribution in [1.29, 1.82) is 0 Å². The zero-order valence-electron chi connectivity index (χ0n) is 19.3. The number of anilines is 1. The van der Waals surface area contributed by atoms with Gasteiger partial charge in [-0.3, -0.25) is 23.6 Å². The van der Waals surface area contributed by atoms with Gasteiger partial charge in [0.15, 0.2) is 0 Å². The van der Waals surface area contributed by atoms with E-state index in [0.29, 0.717) is 33.2 Å². The predicted octanol–water partition coefficient (Wildman–Crippen LogP) is 4.36. The van der Waals surface area contributed by atoms with E-state index in [9.17, 15) is 18.0 Å². The Hall–Kier alpha value is -3.60. The number of nitrogens with zero attached hydrogens (tertiary/aromatic N) is 3. The molecule has 0 radical (unpaired) electrons. The smallest absolute Gasteiger partial charge is 0.294 e. The summed E-state index contributed by atoms with van der Waals surface area (Å²) >= 11 is 6.91. The quantitative estimate of drug-likeness (QED) is 0.346. The molecular formula is C25H21ClN4O4S2. The van der Waals surface area contributed by atoms with Crippen molar-refractivity contribution in [1.82, 2.24) is 13.9 Å². The van der Waals surface area contributed by atoms with Crippen molar-refractivity contribution in [2.75, 3.05) is 4.72 Å². The molecule has 2 heterocycles. The molecule has 0 amide bonds. The minimum Gasteiger partial charge on any atom is -0.294 e. The van der Waals surface area contributed by atoms with E-state index in [4.69, 9.17) is 11.6 Å². The molecule has 0 fully saturated rings. The Labute approximate surface area is 215 Å². The van der Waals surface area contributed by atoms with Gasteiger partial charge in [-0.1, -0.05) is 53.3 Å². The first kappa shape index (κ1) is 24.1. The van der Waals surface area contributed by atoms with Crippen LogP contribution in [0.1, 0.15) is 11.3 Å². The van der Waals surface area contributed by atoms with Crippen molar-refractivity contribution < 1.29 is 8.42 Å². The second kappa shape index (κ2) is 9.12. The molecule has 11 heteroatoms. The molecule has 0 aliphatic heterocycles. The molecule has 0 bridgehead atoms. The first-order valence-electron chi connectivity index (χ1n) is 10.9. The lowest BCUT2D eigenvalue weighted by Gasteiger charge is -2.08. The highest BCUT2D eigenvalue weighted by Gasteiger charge is 2.23. The highest BCUT2D eigenvalue weighted by Crippen LogP contribution is 2.25. The van der Waals surface area contributed by atoms with Gasteiger partial charge in [0.2, 0.25) is 0 Å². The Kier molecular flexibility index (Phi) is 6.11. The normalized spacial score (nSPS) is 11.8. The van der Waals surface area contributed by atoms with Crippen LogP contribution in [0.25, 0.3) is 15.9 Å². The Bertz CT molecular complexity index is 1820. The minimum absolute atomic E-state index is 0.0325. The van der Waals surface area contributed by atoms with Crippen LogP contribution in [0.3, 0.4) is 0 Å². The molecule has 5 aromatic rings. The number of rotatable bonds is 6. The molecule has 8 nitrogen and oxygen atoms in total. The fraction of sp³-hybridized carbons (Fsp3) is 0.120. The van der Waals surface area contributed by atoms with Gasteiger partial charge in [0.05, 0.1) is 33.0 Å². The van der Waals surface area contributed by atoms with E-state index in [-0.39, 0.29) is 15.5 Å². The third-order valence-electron chi connectivity index (χ3n) is 5.99. The standard InChI is InChI=1S/C25H21ClN4O4S2/c1-16-23(24(31)30(28(16)2)19-6-4-3-5-7-19)27-36(33,34)20-12-13-21-22(14-20)35-25(32)29(21)15-17-8-10-18(26)11-9-17/h3-14,27H,15H2,1-2H3. The average molecular weight is 541 g/mol. The molecule has 0 aliphatic rings. The van der Waals surface area contributed by atoms with E-state index in [2.05, 4.69) is 4.72 Å². The van der Waals surface area contributed by atoms with Gasteiger partial charge < -0.3 is 0 Å². The number of fused-ring (bicyclic) bond motifs is 1. The zero-order valence-corrected chi connectivity index (χ0v) is 21.7. The maximum absolute atomic E-state index is 13.3. The van der Waals surface area contributed by atoms with Gasteiger partial charge in [-0.05, 0) is 55.0 Å². The summed E-state index contributed by atoms with van der Waals surface area (Å²) in [5, 5.41) is 0.604. The predicted molar refractivity (Wildman–Crippen MR) is 143 cm³/mol.